The van der Waals surface area contributed by atoms with Crippen LogP contribution in [-0.2, 0) is 28.8 Å². The number of amides is 4. The number of rotatable bonds is 10. The van der Waals surface area contributed by atoms with Gasteiger partial charge in [0.15, 0.2) is 0 Å². The van der Waals surface area contributed by atoms with E-state index in [4.69, 9.17) is 5.11 Å². The minimum Gasteiger partial charge on any atom is -0.475 e. The molecule has 4 amide bonds. The summed E-state index contributed by atoms with van der Waals surface area (Å²) in [5.41, 5.74) is -1.03. The lowest BCUT2D eigenvalue weighted by molar-refractivity contribution is -0.150. The van der Waals surface area contributed by atoms with Crippen LogP contribution in [0, 0.1) is 10.8 Å². The third-order valence-electron chi connectivity index (χ3n) is 4.60. The van der Waals surface area contributed by atoms with Gasteiger partial charge in [0.25, 0.3) is 5.78 Å². The number of hydrogen-bond donors (Lipinski definition) is 4. The largest absolute Gasteiger partial charge is 0.475 e. The van der Waals surface area contributed by atoms with Crippen molar-refractivity contribution >= 4 is 35.4 Å². The number of aliphatic carboxylic acids is 1. The summed E-state index contributed by atoms with van der Waals surface area (Å²) in [6, 6.07) is -3.77. The SMILES string of the molecule is CC(NC(=O)C(CC(=O)N(C)C)NC(=O)C(NC(=O)CC(C)(C)C)C(C)(C)C)C(=O)C(=O)O. The van der Waals surface area contributed by atoms with Crippen LogP contribution in [0.2, 0.25) is 0 Å². The van der Waals surface area contributed by atoms with E-state index in [1.165, 1.54) is 25.9 Å². The van der Waals surface area contributed by atoms with E-state index in [0.29, 0.717) is 0 Å². The summed E-state index contributed by atoms with van der Waals surface area (Å²) >= 11 is 0. The molecule has 0 rings (SSSR count). The van der Waals surface area contributed by atoms with Crippen LogP contribution in [0.15, 0.2) is 0 Å². The Labute approximate surface area is 195 Å². The number of nitrogens with one attached hydrogen (secondary N) is 3. The fourth-order valence-electron chi connectivity index (χ4n) is 2.76. The van der Waals surface area contributed by atoms with E-state index in [9.17, 15) is 28.8 Å². The number of ketones is 1. The van der Waals surface area contributed by atoms with Crippen LogP contribution in [0.1, 0.15) is 61.3 Å². The molecule has 11 heteroatoms. The van der Waals surface area contributed by atoms with Gasteiger partial charge >= 0.3 is 5.97 Å². The summed E-state index contributed by atoms with van der Waals surface area (Å²) in [5, 5.41) is 16.2. The van der Waals surface area contributed by atoms with Crippen molar-refractivity contribution in [3.63, 3.8) is 0 Å². The lowest BCUT2D eigenvalue weighted by Gasteiger charge is -2.32. The number of carbonyl (C=O) groups excluding carboxylic acids is 5. The molecule has 0 bridgehead atoms. The molecule has 0 aliphatic carbocycles. The highest BCUT2D eigenvalue weighted by molar-refractivity contribution is 6.35. The molecule has 188 valence electrons. The molecule has 4 N–H and O–H groups in total. The first-order chi connectivity index (χ1) is 14.8. The lowest BCUT2D eigenvalue weighted by Crippen LogP contribution is -2.59. The second-order valence-corrected chi connectivity index (χ2v) is 10.6. The maximum Gasteiger partial charge on any atom is 0.374 e. The first-order valence-electron chi connectivity index (χ1n) is 10.6. The monoisotopic (exact) mass is 470 g/mol. The van der Waals surface area contributed by atoms with Crippen LogP contribution < -0.4 is 16.0 Å². The van der Waals surface area contributed by atoms with Gasteiger partial charge in [-0.25, -0.2) is 4.79 Å². The van der Waals surface area contributed by atoms with Gasteiger partial charge in [-0.2, -0.15) is 0 Å². The number of carbonyl (C=O) groups is 6. The van der Waals surface area contributed by atoms with E-state index in [0.717, 1.165) is 0 Å². The maximum atomic E-state index is 13.1. The van der Waals surface area contributed by atoms with Crippen LogP contribution in [0.25, 0.3) is 0 Å². The second-order valence-electron chi connectivity index (χ2n) is 10.6. The zero-order chi connectivity index (χ0) is 26.3. The Balaban J connectivity index is 5.74. The number of carboxylic acids is 1. The minimum atomic E-state index is -1.72. The summed E-state index contributed by atoms with van der Waals surface area (Å²) in [7, 11) is 2.95. The standard InChI is InChI=1S/C22H38N4O7/c1-12(16(29)20(32)33)23-18(30)13(10-15(28)26(8)9)24-19(31)17(22(5,6)7)25-14(27)11-21(2,3)4/h12-13,17H,10-11H2,1-9H3,(H,23,30)(H,24,31)(H,25,27)(H,32,33). The molecule has 0 radical (unpaired) electrons. The molecule has 0 heterocycles. The molecule has 0 aliphatic heterocycles. The van der Waals surface area contributed by atoms with Gasteiger partial charge in [-0.05, 0) is 17.8 Å². The van der Waals surface area contributed by atoms with E-state index >= 15 is 0 Å². The Hall–Kier alpha value is -2.98. The average Bonchev–Trinajstić information content (AvgIpc) is 2.61. The van der Waals surface area contributed by atoms with Gasteiger partial charge in [-0.1, -0.05) is 41.5 Å². The molecule has 0 saturated heterocycles. The molecule has 0 saturated carbocycles. The third kappa shape index (κ3) is 10.9. The Kier molecular flexibility index (Phi) is 10.7. The van der Waals surface area contributed by atoms with E-state index in [2.05, 4.69) is 16.0 Å². The Morgan fingerprint density at radius 3 is 1.76 bits per heavy atom. The fourth-order valence-corrected chi connectivity index (χ4v) is 2.76. The molecule has 11 nitrogen and oxygen atoms in total. The summed E-state index contributed by atoms with van der Waals surface area (Å²) in [6.07, 6.45) is -0.254. The number of nitrogens with zero attached hydrogens (tertiary/aromatic N) is 1. The zero-order valence-electron chi connectivity index (χ0n) is 21.0. The molecule has 0 spiro atoms. The van der Waals surface area contributed by atoms with E-state index in [1.807, 2.05) is 20.8 Å². The molecule has 0 aliphatic rings. The summed E-state index contributed by atoms with van der Waals surface area (Å²) in [4.78, 5) is 74.2. The van der Waals surface area contributed by atoms with Crippen molar-refractivity contribution in [3.8, 4) is 0 Å². The van der Waals surface area contributed by atoms with E-state index < -0.39 is 59.4 Å². The Morgan fingerprint density at radius 1 is 0.848 bits per heavy atom. The van der Waals surface area contributed by atoms with Crippen molar-refractivity contribution in [2.24, 2.45) is 10.8 Å². The van der Waals surface area contributed by atoms with Gasteiger partial charge in [-0.3, -0.25) is 24.0 Å². The minimum absolute atomic E-state index is 0.171. The van der Waals surface area contributed by atoms with Gasteiger partial charge in [-0.15, -0.1) is 0 Å². The van der Waals surface area contributed by atoms with Gasteiger partial charge in [0, 0.05) is 20.5 Å². The van der Waals surface area contributed by atoms with Crippen molar-refractivity contribution in [2.45, 2.75) is 79.4 Å². The lowest BCUT2D eigenvalue weighted by atomic mass is 9.85. The quantitative estimate of drug-likeness (QED) is 0.329. The topological polar surface area (TPSA) is 162 Å². The first-order valence-corrected chi connectivity index (χ1v) is 10.6. The zero-order valence-corrected chi connectivity index (χ0v) is 21.0. The van der Waals surface area contributed by atoms with Crippen LogP contribution >= 0.6 is 0 Å². The number of hydrogen-bond acceptors (Lipinski definition) is 6. The molecular weight excluding hydrogens is 432 g/mol. The molecule has 3 atom stereocenters. The van der Waals surface area contributed by atoms with Crippen LogP contribution in [-0.4, -0.2) is 77.6 Å². The van der Waals surface area contributed by atoms with Crippen molar-refractivity contribution in [1.29, 1.82) is 0 Å². The average molecular weight is 471 g/mol. The van der Waals surface area contributed by atoms with Crippen molar-refractivity contribution in [2.75, 3.05) is 14.1 Å². The third-order valence-corrected chi connectivity index (χ3v) is 4.60. The molecular formula is C22H38N4O7. The van der Waals surface area contributed by atoms with Crippen molar-refractivity contribution in [1.82, 2.24) is 20.9 Å². The van der Waals surface area contributed by atoms with Gasteiger partial charge < -0.3 is 26.0 Å². The highest BCUT2D eigenvalue weighted by Gasteiger charge is 2.37. The Bertz CT molecular complexity index is 779. The number of Topliss-reactive ketones (excluding diaryl/α,β-unsaturated/α-hetero) is 1. The molecule has 3 unspecified atom stereocenters. The molecule has 33 heavy (non-hydrogen) atoms. The molecule has 0 aromatic carbocycles. The van der Waals surface area contributed by atoms with Crippen molar-refractivity contribution < 1.29 is 33.9 Å². The highest BCUT2D eigenvalue weighted by Crippen LogP contribution is 2.22. The van der Waals surface area contributed by atoms with Gasteiger partial charge in [0.2, 0.25) is 23.6 Å². The summed E-state index contributed by atoms with van der Waals surface area (Å²) < 4.78 is 0. The van der Waals surface area contributed by atoms with Crippen molar-refractivity contribution in [3.05, 3.63) is 0 Å². The predicted octanol–water partition coefficient (Wildman–Crippen LogP) is 0.0750. The molecule has 0 aromatic rings. The summed E-state index contributed by atoms with van der Waals surface area (Å²) in [5.74, 6) is -5.36. The molecule has 0 aromatic heterocycles. The Morgan fingerprint density at radius 2 is 1.36 bits per heavy atom. The normalized spacial score (nSPS) is 14.3. The fraction of sp³-hybridized carbons (Fsp3) is 0.727. The number of carboxylic acid groups (broad SMARTS) is 1. The van der Waals surface area contributed by atoms with E-state index in [-0.39, 0.29) is 17.7 Å². The first kappa shape index (κ1) is 30.0. The predicted molar refractivity (Wildman–Crippen MR) is 121 cm³/mol. The maximum absolute atomic E-state index is 13.1. The molecule has 0 fully saturated rings. The highest BCUT2D eigenvalue weighted by atomic mass is 16.4. The van der Waals surface area contributed by atoms with E-state index in [1.54, 1.807) is 20.8 Å². The van der Waals surface area contributed by atoms with Crippen LogP contribution in [0.3, 0.4) is 0 Å². The summed E-state index contributed by atoms with van der Waals surface area (Å²) in [6.45, 7) is 12.0. The van der Waals surface area contributed by atoms with Crippen LogP contribution in [0.4, 0.5) is 0 Å². The van der Waals surface area contributed by atoms with Gasteiger partial charge in [0.05, 0.1) is 12.5 Å². The second kappa shape index (κ2) is 11.8. The van der Waals surface area contributed by atoms with Gasteiger partial charge in [0.1, 0.15) is 12.1 Å². The van der Waals surface area contributed by atoms with Crippen LogP contribution in [0.5, 0.6) is 0 Å². The smallest absolute Gasteiger partial charge is 0.374 e.